The molecule has 0 spiro atoms. The van der Waals surface area contributed by atoms with Crippen LogP contribution in [-0.4, -0.2) is 0 Å². The molecule has 0 saturated carbocycles. The highest BCUT2D eigenvalue weighted by Crippen LogP contribution is 2.13. The highest BCUT2D eigenvalue weighted by Gasteiger charge is 1.98. The zero-order chi connectivity index (χ0) is 7.98. The van der Waals surface area contributed by atoms with Gasteiger partial charge in [-0.3, -0.25) is 0 Å². The number of hydrogen-bond donors (Lipinski definition) is 0. The van der Waals surface area contributed by atoms with Crippen molar-refractivity contribution in [3.8, 4) is 0 Å². The van der Waals surface area contributed by atoms with Crippen LogP contribution in [0.1, 0.15) is 33.6 Å². The Bertz CT molecular complexity index is 120. The average molecular weight is 138 g/mol. The van der Waals surface area contributed by atoms with Crippen molar-refractivity contribution in [1.29, 1.82) is 0 Å². The molecule has 1 unspecified atom stereocenters. The SMILES string of the molecule is C=CCC(C)C/C(C)=C/C. The Hall–Kier alpha value is -0.520. The Kier molecular flexibility index (Phi) is 5.00. The molecule has 0 amide bonds. The highest BCUT2D eigenvalue weighted by atomic mass is 14.0. The van der Waals surface area contributed by atoms with E-state index in [0.29, 0.717) is 0 Å². The van der Waals surface area contributed by atoms with E-state index >= 15 is 0 Å². The summed E-state index contributed by atoms with van der Waals surface area (Å²) in [7, 11) is 0. The van der Waals surface area contributed by atoms with Gasteiger partial charge in [0, 0.05) is 0 Å². The third kappa shape index (κ3) is 4.37. The fourth-order valence-corrected chi connectivity index (χ4v) is 1.04. The first-order valence-electron chi connectivity index (χ1n) is 3.93. The second-order valence-corrected chi connectivity index (χ2v) is 2.97. The fourth-order valence-electron chi connectivity index (χ4n) is 1.04. The summed E-state index contributed by atoms with van der Waals surface area (Å²) in [5.74, 6) is 0.758. The van der Waals surface area contributed by atoms with Gasteiger partial charge in [0.25, 0.3) is 0 Å². The zero-order valence-corrected chi connectivity index (χ0v) is 7.35. The summed E-state index contributed by atoms with van der Waals surface area (Å²) in [5, 5.41) is 0. The quantitative estimate of drug-likeness (QED) is 0.521. The zero-order valence-electron chi connectivity index (χ0n) is 7.35. The summed E-state index contributed by atoms with van der Waals surface area (Å²) in [6.07, 6.45) is 6.51. The molecule has 0 aromatic carbocycles. The van der Waals surface area contributed by atoms with Gasteiger partial charge in [-0.1, -0.05) is 24.6 Å². The number of rotatable bonds is 4. The van der Waals surface area contributed by atoms with Gasteiger partial charge in [-0.2, -0.15) is 0 Å². The molecule has 10 heavy (non-hydrogen) atoms. The van der Waals surface area contributed by atoms with E-state index in [4.69, 9.17) is 0 Å². The minimum Gasteiger partial charge on any atom is -0.103 e. The lowest BCUT2D eigenvalue weighted by atomic mass is 9.99. The lowest BCUT2D eigenvalue weighted by Gasteiger charge is -2.07. The van der Waals surface area contributed by atoms with E-state index in [1.807, 2.05) is 6.08 Å². The summed E-state index contributed by atoms with van der Waals surface area (Å²) >= 11 is 0. The van der Waals surface area contributed by atoms with Crippen molar-refractivity contribution in [2.24, 2.45) is 5.92 Å². The lowest BCUT2D eigenvalue weighted by Crippen LogP contribution is -1.92. The van der Waals surface area contributed by atoms with Crippen LogP contribution in [-0.2, 0) is 0 Å². The maximum Gasteiger partial charge on any atom is -0.0294 e. The van der Waals surface area contributed by atoms with Crippen LogP contribution in [0.25, 0.3) is 0 Å². The van der Waals surface area contributed by atoms with Crippen LogP contribution >= 0.6 is 0 Å². The first kappa shape index (κ1) is 9.48. The molecule has 0 aliphatic heterocycles. The number of allylic oxidation sites excluding steroid dienone is 3. The smallest absolute Gasteiger partial charge is 0.0294 e. The van der Waals surface area contributed by atoms with Gasteiger partial charge in [-0.15, -0.1) is 6.58 Å². The van der Waals surface area contributed by atoms with Crippen molar-refractivity contribution in [3.05, 3.63) is 24.3 Å². The molecule has 0 aliphatic carbocycles. The lowest BCUT2D eigenvalue weighted by molar-refractivity contribution is 0.586. The molecule has 0 nitrogen and oxygen atoms in total. The fraction of sp³-hybridized carbons (Fsp3) is 0.600. The molecule has 0 aliphatic rings. The molecule has 0 aromatic rings. The molecular formula is C10H18. The summed E-state index contributed by atoms with van der Waals surface area (Å²) in [5.41, 5.74) is 1.48. The van der Waals surface area contributed by atoms with Crippen molar-refractivity contribution in [1.82, 2.24) is 0 Å². The van der Waals surface area contributed by atoms with E-state index < -0.39 is 0 Å². The van der Waals surface area contributed by atoms with Crippen LogP contribution in [0.2, 0.25) is 0 Å². The van der Waals surface area contributed by atoms with Crippen molar-refractivity contribution in [3.63, 3.8) is 0 Å². The Morgan fingerprint density at radius 2 is 2.20 bits per heavy atom. The van der Waals surface area contributed by atoms with Gasteiger partial charge in [-0.25, -0.2) is 0 Å². The van der Waals surface area contributed by atoms with E-state index in [0.717, 1.165) is 12.3 Å². The van der Waals surface area contributed by atoms with Crippen LogP contribution in [0.4, 0.5) is 0 Å². The van der Waals surface area contributed by atoms with Gasteiger partial charge in [0.2, 0.25) is 0 Å². The van der Waals surface area contributed by atoms with Gasteiger partial charge in [-0.05, 0) is 32.6 Å². The molecule has 0 fully saturated rings. The largest absolute Gasteiger partial charge is 0.103 e. The molecule has 0 N–H and O–H groups in total. The van der Waals surface area contributed by atoms with Crippen molar-refractivity contribution < 1.29 is 0 Å². The van der Waals surface area contributed by atoms with Crippen LogP contribution in [0.3, 0.4) is 0 Å². The first-order valence-corrected chi connectivity index (χ1v) is 3.93. The molecule has 0 heterocycles. The molecule has 0 radical (unpaired) electrons. The second kappa shape index (κ2) is 5.28. The van der Waals surface area contributed by atoms with Crippen LogP contribution in [0.15, 0.2) is 24.3 Å². The molecule has 1 atom stereocenters. The highest BCUT2D eigenvalue weighted by molar-refractivity contribution is 4.97. The molecule has 0 bridgehead atoms. The van der Waals surface area contributed by atoms with Gasteiger partial charge in [0.15, 0.2) is 0 Å². The predicted octanol–water partition coefficient (Wildman–Crippen LogP) is 3.55. The Labute approximate surface area is 64.6 Å². The third-order valence-electron chi connectivity index (χ3n) is 1.73. The van der Waals surface area contributed by atoms with Gasteiger partial charge in [0.1, 0.15) is 0 Å². The summed E-state index contributed by atoms with van der Waals surface area (Å²) < 4.78 is 0. The Balaban J connectivity index is 3.56. The van der Waals surface area contributed by atoms with Gasteiger partial charge < -0.3 is 0 Å². The summed E-state index contributed by atoms with van der Waals surface area (Å²) in [6.45, 7) is 10.2. The maximum atomic E-state index is 3.71. The summed E-state index contributed by atoms with van der Waals surface area (Å²) in [6, 6.07) is 0. The Morgan fingerprint density at radius 3 is 2.60 bits per heavy atom. The molecule has 0 saturated heterocycles. The van der Waals surface area contributed by atoms with Crippen molar-refractivity contribution in [2.75, 3.05) is 0 Å². The molecule has 0 heteroatoms. The molecule has 0 rings (SSSR count). The molecular weight excluding hydrogens is 120 g/mol. The standard InChI is InChI=1S/C10H18/c1-5-7-10(4)8-9(3)6-2/h5-6,10H,1,7-8H2,2-4H3/b9-6+. The topological polar surface area (TPSA) is 0 Å². The molecule has 0 aromatic heterocycles. The predicted molar refractivity (Wildman–Crippen MR) is 48.0 cm³/mol. The number of hydrogen-bond acceptors (Lipinski definition) is 0. The van der Waals surface area contributed by atoms with Crippen LogP contribution in [0, 0.1) is 5.92 Å². The molecule has 58 valence electrons. The maximum absolute atomic E-state index is 3.71. The van der Waals surface area contributed by atoms with Crippen molar-refractivity contribution in [2.45, 2.75) is 33.6 Å². The average Bonchev–Trinajstić information content (AvgIpc) is 1.88. The minimum atomic E-state index is 0.758. The van der Waals surface area contributed by atoms with Crippen LogP contribution in [0.5, 0.6) is 0 Å². The summed E-state index contributed by atoms with van der Waals surface area (Å²) in [4.78, 5) is 0. The second-order valence-electron chi connectivity index (χ2n) is 2.97. The van der Waals surface area contributed by atoms with E-state index in [1.165, 1.54) is 12.0 Å². The van der Waals surface area contributed by atoms with Gasteiger partial charge in [0.05, 0.1) is 0 Å². The van der Waals surface area contributed by atoms with E-state index in [-0.39, 0.29) is 0 Å². The van der Waals surface area contributed by atoms with E-state index in [1.54, 1.807) is 0 Å². The normalized spacial score (nSPS) is 14.9. The minimum absolute atomic E-state index is 0.758. The Morgan fingerprint density at radius 1 is 1.60 bits per heavy atom. The van der Waals surface area contributed by atoms with E-state index in [9.17, 15) is 0 Å². The van der Waals surface area contributed by atoms with Crippen LogP contribution < -0.4 is 0 Å². The monoisotopic (exact) mass is 138 g/mol. The first-order chi connectivity index (χ1) is 4.70. The third-order valence-corrected chi connectivity index (χ3v) is 1.73. The van der Waals surface area contributed by atoms with E-state index in [2.05, 4.69) is 33.4 Å². The van der Waals surface area contributed by atoms with Gasteiger partial charge >= 0.3 is 0 Å². The van der Waals surface area contributed by atoms with Crippen molar-refractivity contribution >= 4 is 0 Å².